The van der Waals surface area contributed by atoms with E-state index in [1.807, 2.05) is 24.3 Å². The Morgan fingerprint density at radius 1 is 1.12 bits per heavy atom. The SMILES string of the molecule is Cc1cc(OCc2ccc(C(=O)N3CCN(Cc4cccc(Cl)c4)CC3)o2)ccc1[N+](=O)[O-]. The van der Waals surface area contributed by atoms with E-state index in [9.17, 15) is 14.9 Å². The number of amides is 1. The lowest BCUT2D eigenvalue weighted by Crippen LogP contribution is -2.48. The first-order chi connectivity index (χ1) is 15.9. The largest absolute Gasteiger partial charge is 0.486 e. The fraction of sp³-hybridized carbons (Fsp3) is 0.292. The summed E-state index contributed by atoms with van der Waals surface area (Å²) in [6, 6.07) is 15.7. The third-order valence-electron chi connectivity index (χ3n) is 5.57. The van der Waals surface area contributed by atoms with Crippen LogP contribution in [0.15, 0.2) is 59.0 Å². The molecule has 0 bridgehead atoms. The number of furan rings is 1. The van der Waals surface area contributed by atoms with Crippen LogP contribution in [-0.2, 0) is 13.2 Å². The van der Waals surface area contributed by atoms with Crippen molar-refractivity contribution in [2.24, 2.45) is 0 Å². The molecule has 172 valence electrons. The zero-order valence-electron chi connectivity index (χ0n) is 18.2. The maximum absolute atomic E-state index is 12.8. The average Bonchev–Trinajstić information content (AvgIpc) is 3.27. The number of benzene rings is 2. The number of carbonyl (C=O) groups excluding carboxylic acids is 1. The first-order valence-corrected chi connectivity index (χ1v) is 11.0. The Morgan fingerprint density at radius 3 is 2.61 bits per heavy atom. The summed E-state index contributed by atoms with van der Waals surface area (Å²) in [7, 11) is 0. The molecule has 1 fully saturated rings. The number of nitro groups is 1. The number of hydrogen-bond donors (Lipinski definition) is 0. The quantitative estimate of drug-likeness (QED) is 0.368. The molecule has 0 N–H and O–H groups in total. The molecule has 0 unspecified atom stereocenters. The van der Waals surface area contributed by atoms with Gasteiger partial charge in [-0.15, -0.1) is 0 Å². The summed E-state index contributed by atoms with van der Waals surface area (Å²) in [4.78, 5) is 27.4. The van der Waals surface area contributed by atoms with Gasteiger partial charge in [-0.1, -0.05) is 23.7 Å². The molecule has 33 heavy (non-hydrogen) atoms. The van der Waals surface area contributed by atoms with Crippen LogP contribution in [0.4, 0.5) is 5.69 Å². The van der Waals surface area contributed by atoms with Gasteiger partial charge in [0.1, 0.15) is 18.1 Å². The number of piperazine rings is 1. The van der Waals surface area contributed by atoms with Crippen LogP contribution in [0.25, 0.3) is 0 Å². The Hall–Kier alpha value is -3.36. The summed E-state index contributed by atoms with van der Waals surface area (Å²) in [5.74, 6) is 1.14. The van der Waals surface area contributed by atoms with Crippen LogP contribution in [0.1, 0.15) is 27.4 Å². The van der Waals surface area contributed by atoms with Crippen LogP contribution in [-0.4, -0.2) is 46.8 Å². The van der Waals surface area contributed by atoms with Gasteiger partial charge in [-0.2, -0.15) is 0 Å². The van der Waals surface area contributed by atoms with E-state index in [2.05, 4.69) is 4.90 Å². The summed E-state index contributed by atoms with van der Waals surface area (Å²) in [6.07, 6.45) is 0. The summed E-state index contributed by atoms with van der Waals surface area (Å²) < 4.78 is 11.4. The van der Waals surface area contributed by atoms with Crippen LogP contribution in [0.3, 0.4) is 0 Å². The predicted octanol–water partition coefficient (Wildman–Crippen LogP) is 4.69. The standard InChI is InChI=1S/C24H24ClN3O5/c1-17-13-20(5-7-22(17)28(30)31)32-16-21-6-8-23(33-21)24(29)27-11-9-26(10-12-27)15-18-3-2-4-19(25)14-18/h2-8,13-14H,9-12,15-16H2,1H3. The normalized spacial score (nSPS) is 14.3. The third-order valence-corrected chi connectivity index (χ3v) is 5.81. The third kappa shape index (κ3) is 5.71. The Bertz CT molecular complexity index is 1150. The molecule has 0 saturated carbocycles. The highest BCUT2D eigenvalue weighted by Gasteiger charge is 2.24. The van der Waals surface area contributed by atoms with E-state index in [1.54, 1.807) is 36.1 Å². The Balaban J connectivity index is 1.28. The molecule has 0 atom stereocenters. The van der Waals surface area contributed by atoms with Crippen molar-refractivity contribution < 1.29 is 18.9 Å². The molecule has 2 aromatic carbocycles. The Labute approximate surface area is 196 Å². The van der Waals surface area contributed by atoms with Gasteiger partial charge in [0.05, 0.1) is 4.92 Å². The highest BCUT2D eigenvalue weighted by molar-refractivity contribution is 6.30. The first-order valence-electron chi connectivity index (χ1n) is 10.6. The number of rotatable bonds is 7. The van der Waals surface area contributed by atoms with E-state index in [-0.39, 0.29) is 24.0 Å². The van der Waals surface area contributed by atoms with Crippen molar-refractivity contribution in [3.05, 3.63) is 92.4 Å². The number of aryl methyl sites for hydroxylation is 1. The van der Waals surface area contributed by atoms with Crippen LogP contribution in [0.5, 0.6) is 5.75 Å². The number of carbonyl (C=O) groups is 1. The highest BCUT2D eigenvalue weighted by Crippen LogP contribution is 2.24. The molecule has 0 aliphatic carbocycles. The zero-order valence-corrected chi connectivity index (χ0v) is 19.0. The minimum Gasteiger partial charge on any atom is -0.486 e. The van der Waals surface area contributed by atoms with Gasteiger partial charge in [0.25, 0.3) is 11.6 Å². The molecule has 1 amide bonds. The lowest BCUT2D eigenvalue weighted by Gasteiger charge is -2.34. The summed E-state index contributed by atoms with van der Waals surface area (Å²) in [5, 5.41) is 11.7. The van der Waals surface area contributed by atoms with E-state index < -0.39 is 4.92 Å². The topological polar surface area (TPSA) is 89.1 Å². The minimum atomic E-state index is -0.430. The maximum atomic E-state index is 12.8. The van der Waals surface area contributed by atoms with Crippen molar-refractivity contribution >= 4 is 23.2 Å². The molecule has 1 aromatic heterocycles. The van der Waals surface area contributed by atoms with Crippen molar-refractivity contribution in [2.75, 3.05) is 26.2 Å². The lowest BCUT2D eigenvalue weighted by atomic mass is 10.2. The highest BCUT2D eigenvalue weighted by atomic mass is 35.5. The second-order valence-electron chi connectivity index (χ2n) is 7.96. The molecular weight excluding hydrogens is 446 g/mol. The summed E-state index contributed by atoms with van der Waals surface area (Å²) in [6.45, 7) is 5.36. The molecule has 1 saturated heterocycles. The summed E-state index contributed by atoms with van der Waals surface area (Å²) >= 11 is 6.06. The first kappa shape index (κ1) is 22.8. The van der Waals surface area contributed by atoms with Crippen LogP contribution < -0.4 is 4.74 Å². The van der Waals surface area contributed by atoms with Gasteiger partial charge < -0.3 is 14.1 Å². The van der Waals surface area contributed by atoms with E-state index in [0.717, 1.165) is 30.2 Å². The van der Waals surface area contributed by atoms with E-state index in [1.165, 1.54) is 6.07 Å². The van der Waals surface area contributed by atoms with E-state index in [4.69, 9.17) is 20.8 Å². The minimum absolute atomic E-state index is 0.0425. The molecule has 0 spiro atoms. The average molecular weight is 470 g/mol. The van der Waals surface area contributed by atoms with E-state index in [0.29, 0.717) is 30.2 Å². The molecule has 1 aliphatic rings. The molecule has 2 heterocycles. The van der Waals surface area contributed by atoms with Gasteiger partial charge in [0, 0.05) is 49.4 Å². The second kappa shape index (κ2) is 10.1. The van der Waals surface area contributed by atoms with Crippen LogP contribution >= 0.6 is 11.6 Å². The van der Waals surface area contributed by atoms with Crippen molar-refractivity contribution in [3.8, 4) is 5.75 Å². The molecule has 4 rings (SSSR count). The lowest BCUT2D eigenvalue weighted by molar-refractivity contribution is -0.385. The monoisotopic (exact) mass is 469 g/mol. The van der Waals surface area contributed by atoms with Crippen molar-refractivity contribution in [3.63, 3.8) is 0 Å². The molecule has 3 aromatic rings. The number of nitro benzene ring substituents is 1. The molecule has 9 heteroatoms. The molecule has 8 nitrogen and oxygen atoms in total. The number of ether oxygens (including phenoxy) is 1. The second-order valence-corrected chi connectivity index (χ2v) is 8.39. The van der Waals surface area contributed by atoms with Gasteiger partial charge in [-0.25, -0.2) is 0 Å². The molecule has 1 aliphatic heterocycles. The van der Waals surface area contributed by atoms with Gasteiger partial charge in [-0.05, 0) is 48.9 Å². The summed E-state index contributed by atoms with van der Waals surface area (Å²) in [5.41, 5.74) is 1.71. The van der Waals surface area contributed by atoms with Crippen molar-refractivity contribution in [1.29, 1.82) is 0 Å². The van der Waals surface area contributed by atoms with Crippen LogP contribution in [0.2, 0.25) is 5.02 Å². The maximum Gasteiger partial charge on any atom is 0.289 e. The Kier molecular flexibility index (Phi) is 6.96. The van der Waals surface area contributed by atoms with Gasteiger partial charge in [-0.3, -0.25) is 19.8 Å². The number of hydrogen-bond acceptors (Lipinski definition) is 6. The van der Waals surface area contributed by atoms with Crippen molar-refractivity contribution in [2.45, 2.75) is 20.1 Å². The van der Waals surface area contributed by atoms with Gasteiger partial charge in [0.2, 0.25) is 0 Å². The van der Waals surface area contributed by atoms with Crippen LogP contribution in [0, 0.1) is 17.0 Å². The fourth-order valence-corrected chi connectivity index (χ4v) is 4.02. The zero-order chi connectivity index (χ0) is 23.4. The van der Waals surface area contributed by atoms with Gasteiger partial charge >= 0.3 is 0 Å². The molecule has 0 radical (unpaired) electrons. The van der Waals surface area contributed by atoms with Crippen molar-refractivity contribution in [1.82, 2.24) is 9.80 Å². The fourth-order valence-electron chi connectivity index (χ4n) is 3.81. The smallest absolute Gasteiger partial charge is 0.289 e. The predicted molar refractivity (Wildman–Crippen MR) is 124 cm³/mol. The van der Waals surface area contributed by atoms with Gasteiger partial charge in [0.15, 0.2) is 5.76 Å². The number of halogens is 1. The molecular formula is C24H24ClN3O5. The number of nitrogens with zero attached hydrogens (tertiary/aromatic N) is 3. The van der Waals surface area contributed by atoms with E-state index >= 15 is 0 Å². The Morgan fingerprint density at radius 2 is 1.91 bits per heavy atom.